The van der Waals surface area contributed by atoms with Crippen molar-refractivity contribution in [2.75, 3.05) is 18.0 Å². The van der Waals surface area contributed by atoms with Crippen LogP contribution in [-0.4, -0.2) is 19.0 Å². The third kappa shape index (κ3) is 3.25. The van der Waals surface area contributed by atoms with Crippen LogP contribution < -0.4 is 10.2 Å². The van der Waals surface area contributed by atoms with Crippen molar-refractivity contribution in [3.63, 3.8) is 0 Å². The van der Waals surface area contributed by atoms with E-state index in [1.807, 2.05) is 13.0 Å². The summed E-state index contributed by atoms with van der Waals surface area (Å²) in [4.78, 5) is 13.8. The molecule has 2 rings (SSSR count). The molecule has 0 aromatic heterocycles. The highest BCUT2D eigenvalue weighted by atomic mass is 16.1. The average molecular weight is 248 g/mol. The van der Waals surface area contributed by atoms with Gasteiger partial charge in [0.15, 0.2) is 0 Å². The predicted octanol–water partition coefficient (Wildman–Crippen LogP) is 2.95. The molecule has 1 aromatic carbocycles. The molecule has 1 heterocycles. The zero-order chi connectivity index (χ0) is 12.8. The van der Waals surface area contributed by atoms with Gasteiger partial charge < -0.3 is 10.2 Å². The van der Waals surface area contributed by atoms with Gasteiger partial charge in [-0.2, -0.15) is 0 Å². The first-order valence-electron chi connectivity index (χ1n) is 6.91. The Kier molecular flexibility index (Phi) is 4.62. The summed E-state index contributed by atoms with van der Waals surface area (Å²) in [5.74, 6) is 0.114. The molecule has 0 aliphatic carbocycles. The highest BCUT2D eigenvalue weighted by Gasteiger charge is 2.13. The summed E-state index contributed by atoms with van der Waals surface area (Å²) in [6.45, 7) is 4.79. The van der Waals surface area contributed by atoms with Crippen LogP contribution in [0.25, 0.3) is 0 Å². The number of hydrogen-bond acceptors (Lipinski definition) is 2. The third-order valence-corrected chi connectivity index (χ3v) is 3.49. The number of carbonyl (C=O) groups excluding carboxylic acids is 1. The summed E-state index contributed by atoms with van der Waals surface area (Å²) in [6, 6.07) is 8.40. The smallest absolute Gasteiger partial charge is 0.219 e. The molecule has 100 valence electrons. The Morgan fingerprint density at radius 2 is 2.00 bits per heavy atom. The molecule has 0 spiro atoms. The lowest BCUT2D eigenvalue weighted by Gasteiger charge is -2.30. The molecule has 1 aliphatic rings. The molecule has 1 N–H and O–H groups in total. The van der Waals surface area contributed by atoms with Gasteiger partial charge in [0.25, 0.3) is 0 Å². The van der Waals surface area contributed by atoms with Gasteiger partial charge in [0.1, 0.15) is 0 Å². The number of amides is 1. The Bertz CT molecular complexity index is 403. The molecule has 0 unspecified atom stereocenters. The van der Waals surface area contributed by atoms with Crippen molar-refractivity contribution in [2.45, 2.75) is 39.2 Å². The SMILES string of the molecule is CCC(=O)NCc1ccccc1N1CCCCC1.[HH]. The Labute approximate surface area is 111 Å². The molecule has 0 saturated carbocycles. The Hall–Kier alpha value is -1.51. The van der Waals surface area contributed by atoms with Crippen molar-refractivity contribution in [2.24, 2.45) is 0 Å². The standard InChI is InChI=1S/C15H22N2O.H2/c1-2-15(18)16-12-13-8-4-5-9-14(13)17-10-6-3-7-11-17;/h4-5,8-9H,2-3,6-7,10-12H2,1H3,(H,16,18);1H. The molecule has 3 nitrogen and oxygen atoms in total. The number of benzene rings is 1. The number of rotatable bonds is 4. The fraction of sp³-hybridized carbons (Fsp3) is 0.533. The van der Waals surface area contributed by atoms with E-state index in [9.17, 15) is 4.79 Å². The minimum Gasteiger partial charge on any atom is -0.371 e. The summed E-state index contributed by atoms with van der Waals surface area (Å²) in [5, 5.41) is 2.96. The first kappa shape index (κ1) is 12.9. The molecule has 18 heavy (non-hydrogen) atoms. The Morgan fingerprint density at radius 1 is 1.28 bits per heavy atom. The number of para-hydroxylation sites is 1. The number of anilines is 1. The number of nitrogens with one attached hydrogen (secondary N) is 1. The van der Waals surface area contributed by atoms with Crippen LogP contribution in [0.2, 0.25) is 0 Å². The minimum atomic E-state index is 0. The van der Waals surface area contributed by atoms with E-state index in [-0.39, 0.29) is 7.33 Å². The molecule has 1 fully saturated rings. The van der Waals surface area contributed by atoms with Gasteiger partial charge in [0.2, 0.25) is 5.91 Å². The zero-order valence-corrected chi connectivity index (χ0v) is 11.1. The average Bonchev–Trinajstić information content (AvgIpc) is 2.46. The van der Waals surface area contributed by atoms with Gasteiger partial charge in [-0.3, -0.25) is 4.79 Å². The van der Waals surface area contributed by atoms with Gasteiger partial charge in [-0.15, -0.1) is 0 Å². The van der Waals surface area contributed by atoms with Gasteiger partial charge in [-0.05, 0) is 30.9 Å². The summed E-state index contributed by atoms with van der Waals surface area (Å²) in [6.07, 6.45) is 4.43. The van der Waals surface area contributed by atoms with Crippen molar-refractivity contribution in [1.82, 2.24) is 5.32 Å². The molecule has 1 saturated heterocycles. The fourth-order valence-corrected chi connectivity index (χ4v) is 2.42. The number of carbonyl (C=O) groups is 1. The van der Waals surface area contributed by atoms with Crippen LogP contribution in [0, 0.1) is 0 Å². The highest BCUT2D eigenvalue weighted by molar-refractivity contribution is 5.75. The third-order valence-electron chi connectivity index (χ3n) is 3.49. The lowest BCUT2D eigenvalue weighted by atomic mass is 10.1. The van der Waals surface area contributed by atoms with E-state index in [4.69, 9.17) is 0 Å². The van der Waals surface area contributed by atoms with Gasteiger partial charge in [0.05, 0.1) is 0 Å². The van der Waals surface area contributed by atoms with Crippen LogP contribution in [0.1, 0.15) is 39.6 Å². The molecule has 0 atom stereocenters. The summed E-state index contributed by atoms with van der Waals surface area (Å²) in [7, 11) is 0. The van der Waals surface area contributed by atoms with Gasteiger partial charge in [-0.1, -0.05) is 25.1 Å². The van der Waals surface area contributed by atoms with Crippen molar-refractivity contribution in [3.05, 3.63) is 29.8 Å². The molecule has 1 aliphatic heterocycles. The van der Waals surface area contributed by atoms with E-state index in [1.54, 1.807) is 0 Å². The second-order valence-electron chi connectivity index (χ2n) is 4.81. The molecular weight excluding hydrogens is 224 g/mol. The fourth-order valence-electron chi connectivity index (χ4n) is 2.42. The van der Waals surface area contributed by atoms with Crippen LogP contribution in [0.3, 0.4) is 0 Å². The molecule has 0 bridgehead atoms. The normalized spacial score (nSPS) is 15.5. The van der Waals surface area contributed by atoms with Gasteiger partial charge >= 0.3 is 0 Å². The van der Waals surface area contributed by atoms with E-state index >= 15 is 0 Å². The van der Waals surface area contributed by atoms with Crippen molar-refractivity contribution >= 4 is 11.6 Å². The lowest BCUT2D eigenvalue weighted by Crippen LogP contribution is -2.31. The first-order valence-corrected chi connectivity index (χ1v) is 6.91. The van der Waals surface area contributed by atoms with E-state index in [2.05, 4.69) is 28.4 Å². The maximum atomic E-state index is 11.3. The van der Waals surface area contributed by atoms with Gasteiger partial charge in [-0.25, -0.2) is 0 Å². The Morgan fingerprint density at radius 3 is 2.72 bits per heavy atom. The summed E-state index contributed by atoms with van der Waals surface area (Å²) < 4.78 is 0. The van der Waals surface area contributed by atoms with E-state index in [1.165, 1.54) is 30.5 Å². The quantitative estimate of drug-likeness (QED) is 0.888. The van der Waals surface area contributed by atoms with Crippen LogP contribution in [0.4, 0.5) is 5.69 Å². The molecule has 3 heteroatoms. The maximum Gasteiger partial charge on any atom is 0.219 e. The van der Waals surface area contributed by atoms with Crippen LogP contribution in [0.15, 0.2) is 24.3 Å². The second kappa shape index (κ2) is 6.43. The largest absolute Gasteiger partial charge is 0.371 e. The van der Waals surface area contributed by atoms with Crippen molar-refractivity contribution in [3.8, 4) is 0 Å². The van der Waals surface area contributed by atoms with E-state index in [0.717, 1.165) is 13.1 Å². The monoisotopic (exact) mass is 248 g/mol. The van der Waals surface area contributed by atoms with Gasteiger partial charge in [0, 0.05) is 33.2 Å². The topological polar surface area (TPSA) is 32.3 Å². The van der Waals surface area contributed by atoms with E-state index < -0.39 is 0 Å². The number of piperidine rings is 1. The molecule has 1 amide bonds. The minimum absolute atomic E-state index is 0. The van der Waals surface area contributed by atoms with Crippen LogP contribution >= 0.6 is 0 Å². The second-order valence-corrected chi connectivity index (χ2v) is 4.81. The van der Waals surface area contributed by atoms with Crippen molar-refractivity contribution in [1.29, 1.82) is 0 Å². The summed E-state index contributed by atoms with van der Waals surface area (Å²) >= 11 is 0. The zero-order valence-electron chi connectivity index (χ0n) is 11.1. The van der Waals surface area contributed by atoms with E-state index in [0.29, 0.717) is 13.0 Å². The first-order chi connectivity index (χ1) is 8.81. The van der Waals surface area contributed by atoms with Crippen LogP contribution in [0.5, 0.6) is 0 Å². The maximum absolute atomic E-state index is 11.3. The highest BCUT2D eigenvalue weighted by Crippen LogP contribution is 2.23. The number of hydrogen-bond donors (Lipinski definition) is 1. The summed E-state index contributed by atoms with van der Waals surface area (Å²) in [5.41, 5.74) is 2.51. The molecule has 1 aromatic rings. The number of nitrogens with zero attached hydrogens (tertiary/aromatic N) is 1. The predicted molar refractivity (Wildman–Crippen MR) is 76.8 cm³/mol. The molecule has 0 radical (unpaired) electrons. The Balaban J connectivity index is 0.00000180. The van der Waals surface area contributed by atoms with Crippen molar-refractivity contribution < 1.29 is 6.22 Å². The molecular formula is C15H24N2O. The van der Waals surface area contributed by atoms with Crippen LogP contribution in [-0.2, 0) is 11.3 Å². The lowest BCUT2D eigenvalue weighted by molar-refractivity contribution is -0.120.